The molecule has 18 heavy (non-hydrogen) atoms. The number of likely N-dealkylation sites (tertiary alicyclic amines) is 1. The van der Waals surface area contributed by atoms with E-state index in [-0.39, 0.29) is 5.91 Å². The van der Waals surface area contributed by atoms with E-state index in [0.717, 1.165) is 30.4 Å². The summed E-state index contributed by atoms with van der Waals surface area (Å²) in [6.07, 6.45) is 1.98. The molecular weight excluding hydrogens is 337 g/mol. The van der Waals surface area contributed by atoms with Crippen LogP contribution >= 0.6 is 39.1 Å². The molecule has 0 bridgehead atoms. The molecule has 1 aromatic carbocycles. The molecule has 1 amide bonds. The van der Waals surface area contributed by atoms with E-state index < -0.39 is 0 Å². The van der Waals surface area contributed by atoms with Gasteiger partial charge in [0.2, 0.25) is 0 Å². The number of halogens is 3. The Morgan fingerprint density at radius 3 is 2.61 bits per heavy atom. The van der Waals surface area contributed by atoms with Crippen LogP contribution in [0.5, 0.6) is 0 Å². The fourth-order valence-electron chi connectivity index (χ4n) is 2.10. The van der Waals surface area contributed by atoms with Gasteiger partial charge in [-0.25, -0.2) is 0 Å². The topological polar surface area (TPSA) is 20.3 Å². The van der Waals surface area contributed by atoms with Gasteiger partial charge in [0.1, 0.15) is 0 Å². The van der Waals surface area contributed by atoms with Gasteiger partial charge in [-0.05, 0) is 52.9 Å². The average Bonchev–Trinajstić information content (AvgIpc) is 2.41. The minimum Gasteiger partial charge on any atom is -0.339 e. The SMILES string of the molecule is O=C(c1ccc(Cl)c(Br)c1)N1CCC(CCl)CC1. The lowest BCUT2D eigenvalue weighted by Gasteiger charge is -2.31. The van der Waals surface area contributed by atoms with Gasteiger partial charge in [-0.3, -0.25) is 4.79 Å². The lowest BCUT2D eigenvalue weighted by atomic mass is 9.98. The summed E-state index contributed by atoms with van der Waals surface area (Å²) in [4.78, 5) is 14.2. The van der Waals surface area contributed by atoms with Crippen molar-refractivity contribution in [2.75, 3.05) is 19.0 Å². The zero-order chi connectivity index (χ0) is 13.1. The van der Waals surface area contributed by atoms with Crippen LogP contribution in [-0.2, 0) is 0 Å². The number of amides is 1. The van der Waals surface area contributed by atoms with Crippen LogP contribution in [0.2, 0.25) is 5.02 Å². The fourth-order valence-corrected chi connectivity index (χ4v) is 2.91. The Morgan fingerprint density at radius 2 is 2.06 bits per heavy atom. The molecule has 2 rings (SSSR count). The van der Waals surface area contributed by atoms with Crippen molar-refractivity contribution in [2.24, 2.45) is 5.92 Å². The van der Waals surface area contributed by atoms with E-state index in [0.29, 0.717) is 22.4 Å². The van der Waals surface area contributed by atoms with Gasteiger partial charge in [0.15, 0.2) is 0 Å². The number of rotatable bonds is 2. The molecule has 98 valence electrons. The van der Waals surface area contributed by atoms with Gasteiger partial charge in [-0.2, -0.15) is 0 Å². The third kappa shape index (κ3) is 3.19. The summed E-state index contributed by atoms with van der Waals surface area (Å²) in [5.41, 5.74) is 0.676. The number of benzene rings is 1. The number of alkyl halides is 1. The minimum atomic E-state index is 0.0698. The maximum Gasteiger partial charge on any atom is 0.253 e. The second kappa shape index (κ2) is 6.27. The Balaban J connectivity index is 2.05. The van der Waals surface area contributed by atoms with Crippen LogP contribution < -0.4 is 0 Å². The summed E-state index contributed by atoms with van der Waals surface area (Å²) in [6.45, 7) is 1.58. The number of nitrogens with zero attached hydrogens (tertiary/aromatic N) is 1. The molecule has 0 unspecified atom stereocenters. The van der Waals surface area contributed by atoms with Crippen LogP contribution in [0.4, 0.5) is 0 Å². The Kier molecular flexibility index (Phi) is 4.93. The molecular formula is C13H14BrCl2NO. The van der Waals surface area contributed by atoms with E-state index in [1.54, 1.807) is 18.2 Å². The predicted molar refractivity (Wildman–Crippen MR) is 78.5 cm³/mol. The summed E-state index contributed by atoms with van der Waals surface area (Å²) >= 11 is 15.1. The van der Waals surface area contributed by atoms with Gasteiger partial charge in [0.25, 0.3) is 5.91 Å². The highest BCUT2D eigenvalue weighted by molar-refractivity contribution is 9.10. The lowest BCUT2D eigenvalue weighted by Crippen LogP contribution is -2.38. The Morgan fingerprint density at radius 1 is 1.39 bits per heavy atom. The molecule has 1 aliphatic rings. The summed E-state index contributed by atoms with van der Waals surface area (Å²) in [6, 6.07) is 5.28. The van der Waals surface area contributed by atoms with Crippen molar-refractivity contribution < 1.29 is 4.79 Å². The molecule has 5 heteroatoms. The van der Waals surface area contributed by atoms with Crippen molar-refractivity contribution in [3.05, 3.63) is 33.3 Å². The fraction of sp³-hybridized carbons (Fsp3) is 0.462. The van der Waals surface area contributed by atoms with Crippen LogP contribution in [0.3, 0.4) is 0 Å². The van der Waals surface area contributed by atoms with Crippen LogP contribution in [0, 0.1) is 5.92 Å². The predicted octanol–water partition coefficient (Wildman–Crippen LogP) is 4.19. The molecule has 2 nitrogen and oxygen atoms in total. The third-order valence-corrected chi connectivity index (χ3v) is 4.94. The van der Waals surface area contributed by atoms with Crippen molar-refractivity contribution in [1.29, 1.82) is 0 Å². The van der Waals surface area contributed by atoms with Crippen LogP contribution in [0.25, 0.3) is 0 Å². The molecule has 0 spiro atoms. The van der Waals surface area contributed by atoms with E-state index in [4.69, 9.17) is 23.2 Å². The normalized spacial score (nSPS) is 16.9. The van der Waals surface area contributed by atoms with Crippen molar-refractivity contribution >= 4 is 45.0 Å². The minimum absolute atomic E-state index is 0.0698. The van der Waals surface area contributed by atoms with Gasteiger partial charge >= 0.3 is 0 Å². The van der Waals surface area contributed by atoms with Gasteiger partial charge in [0.05, 0.1) is 5.02 Å². The molecule has 0 aliphatic carbocycles. The van der Waals surface area contributed by atoms with E-state index in [1.807, 2.05) is 4.90 Å². The highest BCUT2D eigenvalue weighted by atomic mass is 79.9. The van der Waals surface area contributed by atoms with E-state index in [2.05, 4.69) is 15.9 Å². The number of hydrogen-bond acceptors (Lipinski definition) is 1. The molecule has 0 aromatic heterocycles. The summed E-state index contributed by atoms with van der Waals surface area (Å²) in [5, 5.41) is 0.618. The molecule has 0 saturated carbocycles. The first-order valence-corrected chi connectivity index (χ1v) is 7.62. The smallest absolute Gasteiger partial charge is 0.253 e. The first-order chi connectivity index (χ1) is 8.61. The van der Waals surface area contributed by atoms with E-state index >= 15 is 0 Å². The Labute approximate surface area is 125 Å². The first kappa shape index (κ1) is 14.2. The zero-order valence-electron chi connectivity index (χ0n) is 9.83. The summed E-state index contributed by atoms with van der Waals surface area (Å²) in [7, 11) is 0. The molecule has 1 aliphatic heterocycles. The number of carbonyl (C=O) groups is 1. The van der Waals surface area contributed by atoms with Crippen LogP contribution in [0.1, 0.15) is 23.2 Å². The second-order valence-corrected chi connectivity index (χ2v) is 6.09. The van der Waals surface area contributed by atoms with E-state index in [9.17, 15) is 4.79 Å². The van der Waals surface area contributed by atoms with E-state index in [1.165, 1.54) is 0 Å². The van der Waals surface area contributed by atoms with Gasteiger partial charge in [-0.15, -0.1) is 11.6 Å². The third-order valence-electron chi connectivity index (χ3n) is 3.29. The molecule has 1 aromatic rings. The average molecular weight is 351 g/mol. The maximum atomic E-state index is 12.3. The largest absolute Gasteiger partial charge is 0.339 e. The Hall–Kier alpha value is -0.250. The van der Waals surface area contributed by atoms with Gasteiger partial charge in [0, 0.05) is 29.0 Å². The number of hydrogen-bond donors (Lipinski definition) is 0. The Bertz CT molecular complexity index is 445. The quantitative estimate of drug-likeness (QED) is 0.732. The van der Waals surface area contributed by atoms with Crippen molar-refractivity contribution in [3.8, 4) is 0 Å². The van der Waals surface area contributed by atoms with Crippen molar-refractivity contribution in [2.45, 2.75) is 12.8 Å². The lowest BCUT2D eigenvalue weighted by molar-refractivity contribution is 0.0698. The highest BCUT2D eigenvalue weighted by Gasteiger charge is 2.23. The molecule has 0 radical (unpaired) electrons. The highest BCUT2D eigenvalue weighted by Crippen LogP contribution is 2.25. The first-order valence-electron chi connectivity index (χ1n) is 5.92. The molecule has 0 N–H and O–H groups in total. The maximum absolute atomic E-state index is 12.3. The molecule has 1 saturated heterocycles. The molecule has 1 fully saturated rings. The number of carbonyl (C=O) groups excluding carboxylic acids is 1. The molecule has 0 atom stereocenters. The van der Waals surface area contributed by atoms with Gasteiger partial charge in [-0.1, -0.05) is 11.6 Å². The standard InChI is InChI=1S/C13H14BrCl2NO/c14-11-7-10(1-2-12(11)16)13(18)17-5-3-9(8-15)4-6-17/h1-2,7,9H,3-6,8H2. The van der Waals surface area contributed by atoms with Crippen LogP contribution in [0.15, 0.2) is 22.7 Å². The van der Waals surface area contributed by atoms with Crippen molar-refractivity contribution in [1.82, 2.24) is 4.90 Å². The number of piperidine rings is 1. The molecule has 1 heterocycles. The van der Waals surface area contributed by atoms with Gasteiger partial charge < -0.3 is 4.90 Å². The van der Waals surface area contributed by atoms with Crippen molar-refractivity contribution in [3.63, 3.8) is 0 Å². The summed E-state index contributed by atoms with van der Waals surface area (Å²) < 4.78 is 0.755. The monoisotopic (exact) mass is 349 g/mol. The second-order valence-electron chi connectivity index (χ2n) is 4.52. The zero-order valence-corrected chi connectivity index (χ0v) is 12.9. The summed E-state index contributed by atoms with van der Waals surface area (Å²) in [5.74, 6) is 1.31. The van der Waals surface area contributed by atoms with Crippen LogP contribution in [-0.4, -0.2) is 29.8 Å².